The lowest BCUT2D eigenvalue weighted by Crippen LogP contribution is -2.16. The number of amides is 1. The van der Waals surface area contributed by atoms with Gasteiger partial charge >= 0.3 is 6.01 Å². The molecule has 0 bridgehead atoms. The normalized spacial score (nSPS) is 11.2. The molecule has 0 fully saturated rings. The Morgan fingerprint density at radius 1 is 1.00 bits per heavy atom. The second kappa shape index (κ2) is 10.0. The zero-order valence-electron chi connectivity index (χ0n) is 20.0. The van der Waals surface area contributed by atoms with Gasteiger partial charge in [-0.05, 0) is 50.2 Å². The monoisotopic (exact) mass is 512 g/mol. The van der Waals surface area contributed by atoms with E-state index in [-0.39, 0.29) is 28.3 Å². The first-order valence-electron chi connectivity index (χ1n) is 10.6. The average Bonchev–Trinajstić information content (AvgIpc) is 3.44. The topological polar surface area (TPSA) is 155 Å². The van der Waals surface area contributed by atoms with E-state index in [4.69, 9.17) is 9.47 Å². The summed E-state index contributed by atoms with van der Waals surface area (Å²) in [5.74, 6) is -0.321. The first-order chi connectivity index (χ1) is 17.2. The summed E-state index contributed by atoms with van der Waals surface area (Å²) >= 11 is 0. The van der Waals surface area contributed by atoms with Crippen molar-refractivity contribution in [1.82, 2.24) is 29.5 Å². The Balaban J connectivity index is 1.42. The molecule has 0 atom stereocenters. The van der Waals surface area contributed by atoms with E-state index < -0.39 is 15.9 Å². The molecule has 1 aromatic carbocycles. The van der Waals surface area contributed by atoms with Crippen LogP contribution in [0, 0.1) is 13.8 Å². The number of sulfonamides is 1. The Kier molecular flexibility index (Phi) is 6.87. The van der Waals surface area contributed by atoms with Gasteiger partial charge in [-0.25, -0.2) is 13.1 Å². The van der Waals surface area contributed by atoms with Crippen molar-refractivity contribution >= 4 is 27.4 Å². The summed E-state index contributed by atoms with van der Waals surface area (Å²) in [6.45, 7) is 4.22. The van der Waals surface area contributed by atoms with Crippen molar-refractivity contribution in [2.75, 3.05) is 24.3 Å². The number of carbonyl (C=O) groups is 1. The number of rotatable bonds is 9. The highest BCUT2D eigenvalue weighted by Gasteiger charge is 2.18. The molecule has 3 aromatic heterocycles. The van der Waals surface area contributed by atoms with Crippen LogP contribution in [0.2, 0.25) is 0 Å². The lowest BCUT2D eigenvalue weighted by atomic mass is 10.3. The van der Waals surface area contributed by atoms with Crippen molar-refractivity contribution < 1.29 is 22.7 Å². The van der Waals surface area contributed by atoms with Crippen molar-refractivity contribution in [1.29, 1.82) is 0 Å². The standard InChI is InChI=1S/C22H24N8O5S/c1-14-11-15(2)30(26-14)13-29-10-9-18(27-29)21(31)23-16-5-7-17(8-6-16)36(32,33)28-19-12-20(34-3)25-22(24-19)35-4/h5-12H,13H2,1-4H3,(H,23,31)(H,24,25,28). The molecular formula is C22H24N8O5S. The quantitative estimate of drug-likeness (QED) is 0.343. The Labute approximate surface area is 207 Å². The van der Waals surface area contributed by atoms with Gasteiger partial charge in [0, 0.05) is 23.6 Å². The van der Waals surface area contributed by atoms with E-state index >= 15 is 0 Å². The Morgan fingerprint density at radius 3 is 2.39 bits per heavy atom. The molecule has 0 aliphatic rings. The van der Waals surface area contributed by atoms with Crippen LogP contribution >= 0.6 is 0 Å². The SMILES string of the molecule is COc1cc(NS(=O)(=O)c2ccc(NC(=O)c3ccn(Cn4nc(C)cc4C)n3)cc2)nc(OC)n1. The highest BCUT2D eigenvalue weighted by Crippen LogP contribution is 2.21. The molecule has 14 heteroatoms. The Bertz CT molecular complexity index is 1470. The van der Waals surface area contributed by atoms with Crippen LogP contribution in [0.25, 0.3) is 0 Å². The fourth-order valence-electron chi connectivity index (χ4n) is 3.28. The number of methoxy groups -OCH3 is 2. The van der Waals surface area contributed by atoms with Gasteiger partial charge in [0.05, 0.1) is 24.8 Å². The Hall–Kier alpha value is -4.46. The maximum absolute atomic E-state index is 12.8. The fourth-order valence-corrected chi connectivity index (χ4v) is 4.27. The van der Waals surface area contributed by atoms with Gasteiger partial charge in [-0.2, -0.15) is 20.2 Å². The lowest BCUT2D eigenvalue weighted by molar-refractivity contribution is 0.102. The van der Waals surface area contributed by atoms with E-state index in [0.717, 1.165) is 11.4 Å². The minimum atomic E-state index is -3.98. The number of aryl methyl sites for hydroxylation is 2. The molecule has 0 radical (unpaired) electrons. The summed E-state index contributed by atoms with van der Waals surface area (Å²) in [7, 11) is -1.24. The van der Waals surface area contributed by atoms with E-state index in [1.54, 1.807) is 21.6 Å². The molecule has 0 spiro atoms. The van der Waals surface area contributed by atoms with Gasteiger partial charge in [0.1, 0.15) is 6.67 Å². The first-order valence-corrected chi connectivity index (χ1v) is 12.1. The second-order valence-corrected chi connectivity index (χ2v) is 9.36. The number of benzene rings is 1. The molecule has 0 saturated heterocycles. The van der Waals surface area contributed by atoms with Crippen LogP contribution in [-0.2, 0) is 16.7 Å². The third kappa shape index (κ3) is 5.60. The van der Waals surface area contributed by atoms with E-state index in [1.807, 2.05) is 19.9 Å². The van der Waals surface area contributed by atoms with Gasteiger partial charge in [0.15, 0.2) is 11.5 Å². The predicted molar refractivity (Wildman–Crippen MR) is 130 cm³/mol. The molecule has 4 rings (SSSR count). The van der Waals surface area contributed by atoms with Crippen molar-refractivity contribution in [3.05, 3.63) is 65.7 Å². The number of ether oxygens (including phenoxy) is 2. The van der Waals surface area contributed by atoms with E-state index in [9.17, 15) is 13.2 Å². The van der Waals surface area contributed by atoms with Gasteiger partial charge < -0.3 is 14.8 Å². The molecule has 2 N–H and O–H groups in total. The molecule has 36 heavy (non-hydrogen) atoms. The fraction of sp³-hybridized carbons (Fsp3) is 0.227. The zero-order valence-corrected chi connectivity index (χ0v) is 20.8. The predicted octanol–water partition coefficient (Wildman–Crippen LogP) is 2.06. The number of hydrogen-bond acceptors (Lipinski definition) is 9. The number of carbonyl (C=O) groups excluding carboxylic acids is 1. The zero-order chi connectivity index (χ0) is 25.9. The van der Waals surface area contributed by atoms with Gasteiger partial charge in [0.25, 0.3) is 15.9 Å². The summed E-state index contributed by atoms with van der Waals surface area (Å²) < 4.78 is 41.3. The molecule has 0 saturated carbocycles. The second-order valence-electron chi connectivity index (χ2n) is 7.67. The third-order valence-electron chi connectivity index (χ3n) is 4.99. The molecule has 0 unspecified atom stereocenters. The summed E-state index contributed by atoms with van der Waals surface area (Å²) in [4.78, 5) is 20.5. The summed E-state index contributed by atoms with van der Waals surface area (Å²) in [6, 6.07) is 10.5. The average molecular weight is 513 g/mol. The molecule has 3 heterocycles. The smallest absolute Gasteiger partial charge is 0.321 e. The molecule has 4 aromatic rings. The number of nitrogens with one attached hydrogen (secondary N) is 2. The lowest BCUT2D eigenvalue weighted by Gasteiger charge is -2.10. The van der Waals surface area contributed by atoms with Crippen LogP contribution in [0.15, 0.2) is 53.6 Å². The largest absolute Gasteiger partial charge is 0.481 e. The van der Waals surface area contributed by atoms with Crippen LogP contribution in [-0.4, -0.2) is 58.1 Å². The highest BCUT2D eigenvalue weighted by atomic mass is 32.2. The van der Waals surface area contributed by atoms with Crippen LogP contribution in [0.1, 0.15) is 21.9 Å². The van der Waals surface area contributed by atoms with E-state index in [2.05, 4.69) is 30.2 Å². The van der Waals surface area contributed by atoms with Gasteiger partial charge in [-0.15, -0.1) is 0 Å². The summed E-state index contributed by atoms with van der Waals surface area (Å²) in [5.41, 5.74) is 2.49. The summed E-state index contributed by atoms with van der Waals surface area (Å²) in [6.07, 6.45) is 1.68. The minimum Gasteiger partial charge on any atom is -0.481 e. The van der Waals surface area contributed by atoms with Gasteiger partial charge in [-0.1, -0.05) is 0 Å². The molecule has 13 nitrogen and oxygen atoms in total. The molecule has 0 aliphatic heterocycles. The highest BCUT2D eigenvalue weighted by molar-refractivity contribution is 7.92. The van der Waals surface area contributed by atoms with Crippen molar-refractivity contribution in [2.24, 2.45) is 0 Å². The number of aromatic nitrogens is 6. The van der Waals surface area contributed by atoms with Crippen molar-refractivity contribution in [3.63, 3.8) is 0 Å². The van der Waals surface area contributed by atoms with Crippen molar-refractivity contribution in [3.8, 4) is 11.9 Å². The maximum atomic E-state index is 12.8. The van der Waals surface area contributed by atoms with Crippen LogP contribution in [0.4, 0.5) is 11.5 Å². The van der Waals surface area contributed by atoms with Gasteiger partial charge in [-0.3, -0.25) is 14.2 Å². The van der Waals surface area contributed by atoms with Crippen LogP contribution in [0.3, 0.4) is 0 Å². The molecular weight excluding hydrogens is 488 g/mol. The Morgan fingerprint density at radius 2 is 1.75 bits per heavy atom. The number of anilines is 2. The molecule has 1 amide bonds. The van der Waals surface area contributed by atoms with Gasteiger partial charge in [0.2, 0.25) is 5.88 Å². The van der Waals surface area contributed by atoms with E-state index in [1.165, 1.54) is 44.6 Å². The van der Waals surface area contributed by atoms with Crippen molar-refractivity contribution in [2.45, 2.75) is 25.4 Å². The number of nitrogens with zero attached hydrogens (tertiary/aromatic N) is 6. The summed E-state index contributed by atoms with van der Waals surface area (Å²) in [5, 5.41) is 11.4. The number of hydrogen-bond donors (Lipinski definition) is 2. The van der Waals surface area contributed by atoms with Crippen LogP contribution < -0.4 is 19.5 Å². The maximum Gasteiger partial charge on any atom is 0.321 e. The minimum absolute atomic E-state index is 0.0212. The first kappa shape index (κ1) is 24.7. The van der Waals surface area contributed by atoms with E-state index in [0.29, 0.717) is 12.4 Å². The molecule has 0 aliphatic carbocycles. The third-order valence-corrected chi connectivity index (χ3v) is 6.36. The molecule has 188 valence electrons. The van der Waals surface area contributed by atoms with Crippen LogP contribution in [0.5, 0.6) is 11.9 Å².